The van der Waals surface area contributed by atoms with E-state index in [1.54, 1.807) is 7.11 Å². The van der Waals surface area contributed by atoms with E-state index in [0.29, 0.717) is 0 Å². The molecular formula is C16H20NOS+. The molecule has 0 heterocycles. The lowest BCUT2D eigenvalue weighted by Crippen LogP contribution is -2.82. The summed E-state index contributed by atoms with van der Waals surface area (Å²) in [5.74, 6) is 1.03. The van der Waals surface area contributed by atoms with Crippen LogP contribution in [0.1, 0.15) is 11.1 Å². The van der Waals surface area contributed by atoms with Gasteiger partial charge in [0.1, 0.15) is 6.54 Å². The van der Waals surface area contributed by atoms with Crippen LogP contribution in [0.25, 0.3) is 0 Å². The highest BCUT2D eigenvalue weighted by atomic mass is 32.2. The summed E-state index contributed by atoms with van der Waals surface area (Å²) in [5.41, 5.74) is 4.57. The first-order valence-electron chi connectivity index (χ1n) is 6.48. The minimum atomic E-state index is 0.965. The van der Waals surface area contributed by atoms with Crippen molar-refractivity contribution in [1.29, 1.82) is 0 Å². The van der Waals surface area contributed by atoms with Gasteiger partial charge in [0.2, 0.25) is 0 Å². The molecule has 0 spiro atoms. The first-order valence-corrected chi connectivity index (χ1v) is 7.47. The number of nitrogens with two attached hydrogens (primary N) is 1. The van der Waals surface area contributed by atoms with Crippen LogP contribution >= 0.6 is 11.8 Å². The molecule has 0 fully saturated rings. The Balaban J connectivity index is 1.81. The van der Waals surface area contributed by atoms with Gasteiger partial charge < -0.3 is 0 Å². The van der Waals surface area contributed by atoms with Crippen molar-refractivity contribution in [2.24, 2.45) is 0 Å². The highest BCUT2D eigenvalue weighted by Gasteiger charge is 1.98. The second-order valence-corrected chi connectivity index (χ2v) is 5.41. The highest BCUT2D eigenvalue weighted by molar-refractivity contribution is 7.98. The zero-order valence-corrected chi connectivity index (χ0v) is 12.0. The van der Waals surface area contributed by atoms with Crippen LogP contribution in [0.2, 0.25) is 0 Å². The van der Waals surface area contributed by atoms with Crippen molar-refractivity contribution in [3.63, 3.8) is 0 Å². The fraction of sp³-hybridized carbons (Fsp3) is 0.250. The maximum absolute atomic E-state index is 4.95. The molecule has 2 aromatic carbocycles. The van der Waals surface area contributed by atoms with Crippen LogP contribution in [-0.2, 0) is 17.0 Å². The monoisotopic (exact) mass is 274 g/mol. The molecule has 2 N–H and O–H groups in total. The Kier molecular flexibility index (Phi) is 5.95. The Morgan fingerprint density at radius 3 is 2.37 bits per heavy atom. The van der Waals surface area contributed by atoms with E-state index in [2.05, 4.69) is 54.6 Å². The summed E-state index contributed by atoms with van der Waals surface area (Å²) in [6.07, 6.45) is 1.04. The number of hydroxylamine groups is 1. The Bertz CT molecular complexity index is 470. The predicted octanol–water partition coefficient (Wildman–Crippen LogP) is 2.65. The molecule has 100 valence electrons. The molecule has 2 rings (SSSR count). The second-order valence-electron chi connectivity index (χ2n) is 4.36. The summed E-state index contributed by atoms with van der Waals surface area (Å²) in [6, 6.07) is 19.4. The van der Waals surface area contributed by atoms with Gasteiger partial charge in [-0.15, -0.1) is 11.8 Å². The minimum absolute atomic E-state index is 0.965. The highest BCUT2D eigenvalue weighted by Crippen LogP contribution is 2.22. The molecule has 2 aromatic rings. The van der Waals surface area contributed by atoms with Crippen LogP contribution in [0.3, 0.4) is 0 Å². The standard InChI is InChI=1S/C16H19NOS/c1-18-17-12-11-14-7-9-16(10-8-14)19-13-15-5-3-2-4-6-15/h2-10,17H,11-13H2,1H3/p+1. The number of hydrogen-bond donors (Lipinski definition) is 1. The average Bonchev–Trinajstić information content (AvgIpc) is 2.48. The summed E-state index contributed by atoms with van der Waals surface area (Å²) in [5, 5.41) is 0. The van der Waals surface area contributed by atoms with Gasteiger partial charge in [0.25, 0.3) is 0 Å². The molecule has 0 aliphatic carbocycles. The molecule has 19 heavy (non-hydrogen) atoms. The van der Waals surface area contributed by atoms with Crippen molar-refractivity contribution in [2.75, 3.05) is 13.7 Å². The van der Waals surface area contributed by atoms with E-state index in [4.69, 9.17) is 4.84 Å². The van der Waals surface area contributed by atoms with Crippen LogP contribution in [0, 0.1) is 0 Å². The Labute approximate surface area is 119 Å². The molecular weight excluding hydrogens is 254 g/mol. The molecule has 2 nitrogen and oxygen atoms in total. The van der Waals surface area contributed by atoms with Gasteiger partial charge in [-0.25, -0.2) is 10.3 Å². The van der Waals surface area contributed by atoms with Gasteiger partial charge in [0, 0.05) is 17.1 Å². The average molecular weight is 274 g/mol. The van der Waals surface area contributed by atoms with E-state index < -0.39 is 0 Å². The van der Waals surface area contributed by atoms with Gasteiger partial charge in [-0.05, 0) is 23.3 Å². The maximum Gasteiger partial charge on any atom is 0.109 e. The minimum Gasteiger partial charge on any atom is -0.210 e. The fourth-order valence-corrected chi connectivity index (χ4v) is 2.69. The van der Waals surface area contributed by atoms with E-state index >= 15 is 0 Å². The van der Waals surface area contributed by atoms with E-state index in [9.17, 15) is 0 Å². The van der Waals surface area contributed by atoms with Gasteiger partial charge in [0.15, 0.2) is 0 Å². The number of rotatable bonds is 7. The van der Waals surface area contributed by atoms with Crippen LogP contribution in [0.4, 0.5) is 0 Å². The number of quaternary nitrogens is 1. The number of benzene rings is 2. The largest absolute Gasteiger partial charge is 0.210 e. The van der Waals surface area contributed by atoms with Crippen LogP contribution in [0.15, 0.2) is 59.5 Å². The Morgan fingerprint density at radius 1 is 0.947 bits per heavy atom. The van der Waals surface area contributed by atoms with Gasteiger partial charge in [0.05, 0.1) is 7.11 Å². The SMILES string of the molecule is CO[NH2+]CCc1ccc(SCc2ccccc2)cc1. The molecule has 0 amide bonds. The summed E-state index contributed by atoms with van der Waals surface area (Å²) in [4.78, 5) is 6.27. The second kappa shape index (κ2) is 8.00. The predicted molar refractivity (Wildman–Crippen MR) is 80.0 cm³/mol. The number of hydrogen-bond acceptors (Lipinski definition) is 2. The molecule has 0 saturated heterocycles. The van der Waals surface area contributed by atoms with E-state index in [-0.39, 0.29) is 0 Å². The molecule has 0 bridgehead atoms. The van der Waals surface area contributed by atoms with Crippen LogP contribution in [-0.4, -0.2) is 13.7 Å². The molecule has 0 saturated carbocycles. The van der Waals surface area contributed by atoms with E-state index in [1.807, 2.05) is 17.2 Å². The van der Waals surface area contributed by atoms with Crippen LogP contribution < -0.4 is 5.48 Å². The molecule has 0 radical (unpaired) electrons. The smallest absolute Gasteiger partial charge is 0.109 e. The molecule has 0 unspecified atom stereocenters. The summed E-state index contributed by atoms with van der Waals surface area (Å²) < 4.78 is 0. The first-order chi connectivity index (χ1) is 9.38. The van der Waals surface area contributed by atoms with E-state index in [0.717, 1.165) is 18.7 Å². The Morgan fingerprint density at radius 2 is 1.68 bits per heavy atom. The summed E-state index contributed by atoms with van der Waals surface area (Å²) in [6.45, 7) is 0.965. The summed E-state index contributed by atoms with van der Waals surface area (Å²) in [7, 11) is 1.70. The summed E-state index contributed by atoms with van der Waals surface area (Å²) >= 11 is 1.88. The van der Waals surface area contributed by atoms with Crippen molar-refractivity contribution >= 4 is 11.8 Å². The lowest BCUT2D eigenvalue weighted by atomic mass is 10.2. The van der Waals surface area contributed by atoms with Crippen molar-refractivity contribution in [3.05, 3.63) is 65.7 Å². The van der Waals surface area contributed by atoms with E-state index in [1.165, 1.54) is 16.0 Å². The van der Waals surface area contributed by atoms with Crippen molar-refractivity contribution in [2.45, 2.75) is 17.1 Å². The van der Waals surface area contributed by atoms with Gasteiger partial charge >= 0.3 is 0 Å². The van der Waals surface area contributed by atoms with Crippen molar-refractivity contribution in [3.8, 4) is 0 Å². The topological polar surface area (TPSA) is 25.8 Å². The molecule has 0 atom stereocenters. The third-order valence-electron chi connectivity index (χ3n) is 2.89. The van der Waals surface area contributed by atoms with Crippen molar-refractivity contribution in [1.82, 2.24) is 0 Å². The lowest BCUT2D eigenvalue weighted by molar-refractivity contribution is -0.889. The zero-order chi connectivity index (χ0) is 13.3. The molecule has 0 aliphatic heterocycles. The molecule has 0 aliphatic rings. The normalized spacial score (nSPS) is 10.6. The van der Waals surface area contributed by atoms with Gasteiger partial charge in [-0.3, -0.25) is 0 Å². The lowest BCUT2D eigenvalue weighted by Gasteiger charge is -2.04. The number of thioether (sulfide) groups is 1. The molecule has 3 heteroatoms. The maximum atomic E-state index is 4.95. The third-order valence-corrected chi connectivity index (χ3v) is 3.97. The zero-order valence-electron chi connectivity index (χ0n) is 11.2. The van der Waals surface area contributed by atoms with Gasteiger partial charge in [-0.1, -0.05) is 42.5 Å². The fourth-order valence-electron chi connectivity index (χ4n) is 1.84. The Hall–Kier alpha value is -1.29. The van der Waals surface area contributed by atoms with Crippen LogP contribution in [0.5, 0.6) is 0 Å². The quantitative estimate of drug-likeness (QED) is 0.477. The van der Waals surface area contributed by atoms with Crippen molar-refractivity contribution < 1.29 is 10.3 Å². The van der Waals surface area contributed by atoms with Gasteiger partial charge in [-0.2, -0.15) is 0 Å². The molecule has 0 aromatic heterocycles. The first kappa shape index (κ1) is 14.1. The third kappa shape index (κ3) is 5.07.